The maximum absolute atomic E-state index is 2.79. The van der Waals surface area contributed by atoms with Crippen LogP contribution in [0.25, 0.3) is 20.2 Å². The summed E-state index contributed by atoms with van der Waals surface area (Å²) in [5, 5.41) is 5.62. The van der Waals surface area contributed by atoms with E-state index >= 15 is 0 Å². The first-order valence-corrected chi connectivity index (χ1v) is 25.3. The Morgan fingerprint density at radius 2 is 1.08 bits per heavy atom. The van der Waals surface area contributed by atoms with Gasteiger partial charge in [0.25, 0.3) is 0 Å². The zero-order valence-electron chi connectivity index (χ0n) is 25.0. The molecular formula is C34H56S2Sn. The molecule has 2 heterocycles. The van der Waals surface area contributed by atoms with Crippen molar-refractivity contribution in [3.63, 3.8) is 0 Å². The number of fused-ring (bicyclic) bond motifs is 3. The third kappa shape index (κ3) is 8.23. The number of hydrogen-bond donors (Lipinski definition) is 0. The Morgan fingerprint density at radius 1 is 0.568 bits per heavy atom. The van der Waals surface area contributed by atoms with Crippen LogP contribution in [-0.4, -0.2) is 18.4 Å². The van der Waals surface area contributed by atoms with E-state index in [1.807, 2.05) is 14.2 Å². The molecule has 37 heavy (non-hydrogen) atoms. The number of hydrogen-bond acceptors (Lipinski definition) is 2. The second-order valence-electron chi connectivity index (χ2n) is 11.7. The molecule has 0 saturated heterocycles. The number of benzene rings is 1. The van der Waals surface area contributed by atoms with Gasteiger partial charge in [0.15, 0.2) is 0 Å². The summed E-state index contributed by atoms with van der Waals surface area (Å²) in [7, 11) is 0. The molecule has 1 aromatic carbocycles. The van der Waals surface area contributed by atoms with Crippen LogP contribution < -0.4 is 2.89 Å². The van der Waals surface area contributed by atoms with Crippen molar-refractivity contribution >= 4 is 64.1 Å². The van der Waals surface area contributed by atoms with Gasteiger partial charge >= 0.3 is 243 Å². The van der Waals surface area contributed by atoms with Crippen molar-refractivity contribution in [2.45, 2.75) is 151 Å². The van der Waals surface area contributed by atoms with Gasteiger partial charge in [-0.3, -0.25) is 0 Å². The van der Waals surface area contributed by atoms with Gasteiger partial charge in [-0.25, -0.2) is 0 Å². The SMILES string of the molecule is CCCCCCc1c(CCCCCC)c2s[c]([Sn]([CH2]CCC)([CH2]CCC)[CH2]CCC)cc2c2ccsc12. The third-order valence-corrected chi connectivity index (χ3v) is 29.1. The van der Waals surface area contributed by atoms with Gasteiger partial charge in [-0.2, -0.15) is 0 Å². The molecule has 0 nitrogen and oxygen atoms in total. The van der Waals surface area contributed by atoms with Gasteiger partial charge in [-0.1, -0.05) is 0 Å². The molecule has 0 N–H and O–H groups in total. The molecule has 0 radical (unpaired) electrons. The van der Waals surface area contributed by atoms with Crippen LogP contribution in [0.3, 0.4) is 0 Å². The summed E-state index contributed by atoms with van der Waals surface area (Å²) in [6.45, 7) is 11.9. The summed E-state index contributed by atoms with van der Waals surface area (Å²) in [4.78, 5) is 0. The van der Waals surface area contributed by atoms with Crippen molar-refractivity contribution in [2.75, 3.05) is 0 Å². The monoisotopic (exact) mass is 648 g/mol. The quantitative estimate of drug-likeness (QED) is 0.0846. The van der Waals surface area contributed by atoms with Crippen LogP contribution >= 0.6 is 22.7 Å². The van der Waals surface area contributed by atoms with Crippen molar-refractivity contribution in [3.8, 4) is 0 Å². The molecule has 208 valence electrons. The molecular weight excluding hydrogens is 591 g/mol. The van der Waals surface area contributed by atoms with Gasteiger partial charge < -0.3 is 0 Å². The fraction of sp³-hybridized carbons (Fsp3) is 0.706. The van der Waals surface area contributed by atoms with Gasteiger partial charge in [0, 0.05) is 0 Å². The average molecular weight is 648 g/mol. The summed E-state index contributed by atoms with van der Waals surface area (Å²) in [5.74, 6) is 0. The molecule has 0 spiro atoms. The van der Waals surface area contributed by atoms with E-state index in [0.29, 0.717) is 0 Å². The summed E-state index contributed by atoms with van der Waals surface area (Å²) in [6, 6.07) is 5.26. The van der Waals surface area contributed by atoms with Crippen LogP contribution in [0.15, 0.2) is 17.5 Å². The molecule has 3 rings (SSSR count). The number of unbranched alkanes of at least 4 members (excludes halogenated alkanes) is 9. The van der Waals surface area contributed by atoms with E-state index in [0.717, 1.165) is 0 Å². The summed E-state index contributed by atoms with van der Waals surface area (Å²) in [5.41, 5.74) is 3.52. The van der Waals surface area contributed by atoms with E-state index in [2.05, 4.69) is 63.5 Å². The fourth-order valence-corrected chi connectivity index (χ4v) is 27.8. The molecule has 0 aliphatic rings. The zero-order chi connectivity index (χ0) is 26.5. The predicted molar refractivity (Wildman–Crippen MR) is 177 cm³/mol. The Labute approximate surface area is 241 Å². The van der Waals surface area contributed by atoms with Gasteiger partial charge in [0.1, 0.15) is 0 Å². The molecule has 0 saturated carbocycles. The first-order valence-electron chi connectivity index (χ1n) is 16.1. The second-order valence-corrected chi connectivity index (χ2v) is 27.8. The topological polar surface area (TPSA) is 0 Å². The standard InChI is InChI=1S/C22H29S2.3C4H9.Sn/c1-3-5-7-9-11-17-18(12-10-8-6-4-2)22-20(14-16-24-22)19-13-15-23-21(17)19;3*1-3-4-2;/h13-15H,3-12H2,1-2H3;3*1,3-4H2,2H3;. The fourth-order valence-electron chi connectivity index (χ4n) is 6.38. The van der Waals surface area contributed by atoms with E-state index in [-0.39, 0.29) is 0 Å². The Kier molecular flexibility index (Phi) is 14.4. The van der Waals surface area contributed by atoms with E-state index in [9.17, 15) is 0 Å². The van der Waals surface area contributed by atoms with Crippen LogP contribution in [0.2, 0.25) is 13.3 Å². The molecule has 0 fully saturated rings. The molecule has 0 amide bonds. The zero-order valence-corrected chi connectivity index (χ0v) is 29.5. The van der Waals surface area contributed by atoms with Crippen molar-refractivity contribution in [2.24, 2.45) is 0 Å². The van der Waals surface area contributed by atoms with Crippen LogP contribution in [0.4, 0.5) is 0 Å². The third-order valence-electron chi connectivity index (χ3n) is 8.71. The molecule has 0 aliphatic carbocycles. The Balaban J connectivity index is 2.15. The van der Waals surface area contributed by atoms with Crippen molar-refractivity contribution < 1.29 is 0 Å². The van der Waals surface area contributed by atoms with Gasteiger partial charge in [-0.15, -0.1) is 0 Å². The predicted octanol–water partition coefficient (Wildman–Crippen LogP) is 12.4. The van der Waals surface area contributed by atoms with Crippen LogP contribution in [-0.2, 0) is 12.8 Å². The molecule has 2 aromatic heterocycles. The first kappa shape index (κ1) is 31.5. The van der Waals surface area contributed by atoms with Crippen molar-refractivity contribution in [3.05, 3.63) is 28.6 Å². The van der Waals surface area contributed by atoms with Crippen molar-refractivity contribution in [1.29, 1.82) is 0 Å². The van der Waals surface area contributed by atoms with E-state index in [1.54, 1.807) is 44.6 Å². The van der Waals surface area contributed by atoms with Crippen LogP contribution in [0.1, 0.15) is 136 Å². The van der Waals surface area contributed by atoms with Gasteiger partial charge in [-0.05, 0) is 0 Å². The minimum atomic E-state index is -2.44. The molecule has 3 heteroatoms. The number of rotatable bonds is 20. The van der Waals surface area contributed by atoms with Gasteiger partial charge in [0.05, 0.1) is 0 Å². The Morgan fingerprint density at radius 3 is 1.59 bits per heavy atom. The number of thiophene rings is 2. The average Bonchev–Trinajstić information content (AvgIpc) is 3.58. The normalized spacial score (nSPS) is 12.4. The second kappa shape index (κ2) is 16.9. The molecule has 3 aromatic rings. The summed E-state index contributed by atoms with van der Waals surface area (Å²) >= 11 is 1.91. The van der Waals surface area contributed by atoms with Crippen LogP contribution in [0, 0.1) is 0 Å². The Bertz CT molecular complexity index is 1020. The van der Waals surface area contributed by atoms with Gasteiger partial charge in [0.2, 0.25) is 0 Å². The summed E-state index contributed by atoms with van der Waals surface area (Å²) < 4.78 is 10.0. The first-order chi connectivity index (χ1) is 18.2. The van der Waals surface area contributed by atoms with Crippen molar-refractivity contribution in [1.82, 2.24) is 0 Å². The van der Waals surface area contributed by atoms with E-state index < -0.39 is 18.4 Å². The molecule has 0 bridgehead atoms. The molecule has 0 aliphatic heterocycles. The Hall–Kier alpha value is -0.0613. The molecule has 0 atom stereocenters. The molecule has 0 unspecified atom stereocenters. The summed E-state index contributed by atoms with van der Waals surface area (Å²) in [6.07, 6.45) is 22.0. The maximum atomic E-state index is 2.79. The van der Waals surface area contributed by atoms with Crippen LogP contribution in [0.5, 0.6) is 0 Å². The van der Waals surface area contributed by atoms with E-state index in [1.165, 1.54) is 103 Å². The van der Waals surface area contributed by atoms with E-state index in [4.69, 9.17) is 0 Å². The number of aryl methyl sites for hydroxylation is 2. The minimum absolute atomic E-state index is 1.29.